The number of rotatable bonds is 3. The van der Waals surface area contributed by atoms with Crippen molar-refractivity contribution in [1.29, 1.82) is 0 Å². The highest BCUT2D eigenvalue weighted by molar-refractivity contribution is 6.00. The number of esters is 2. The van der Waals surface area contributed by atoms with Crippen LogP contribution in [-0.4, -0.2) is 32.4 Å². The standard InChI is InChI=1S/C15H20O5/c1-9-4-5-10-6-15(13(17)19-2,14(18)20-3)7-11(10)12(9)8-16/h4-5,8-12H,6-7H2,1-3H3/t9-,10-,11-,12-/m1/s1. The van der Waals surface area contributed by atoms with Gasteiger partial charge in [-0.2, -0.15) is 0 Å². The highest BCUT2D eigenvalue weighted by Gasteiger charge is 2.59. The monoisotopic (exact) mass is 280 g/mol. The number of hydrogen-bond acceptors (Lipinski definition) is 5. The summed E-state index contributed by atoms with van der Waals surface area (Å²) in [6.45, 7) is 1.97. The van der Waals surface area contributed by atoms with Gasteiger partial charge in [0.15, 0.2) is 5.41 Å². The van der Waals surface area contributed by atoms with Gasteiger partial charge in [-0.25, -0.2) is 0 Å². The number of carbonyl (C=O) groups is 3. The second-order valence-corrected chi connectivity index (χ2v) is 5.76. The number of hydrogen-bond donors (Lipinski definition) is 0. The summed E-state index contributed by atoms with van der Waals surface area (Å²) in [4.78, 5) is 35.6. The predicted octanol–water partition coefficient (Wildman–Crippen LogP) is 1.37. The maximum atomic E-state index is 12.1. The van der Waals surface area contributed by atoms with E-state index >= 15 is 0 Å². The molecular weight excluding hydrogens is 260 g/mol. The number of allylic oxidation sites excluding steroid dienone is 2. The van der Waals surface area contributed by atoms with E-state index in [9.17, 15) is 14.4 Å². The topological polar surface area (TPSA) is 69.7 Å². The smallest absolute Gasteiger partial charge is 0.323 e. The lowest BCUT2D eigenvalue weighted by molar-refractivity contribution is -0.169. The van der Waals surface area contributed by atoms with E-state index in [1.165, 1.54) is 14.2 Å². The third-order valence-electron chi connectivity index (χ3n) is 4.79. The summed E-state index contributed by atoms with van der Waals surface area (Å²) >= 11 is 0. The number of fused-ring (bicyclic) bond motifs is 1. The average molecular weight is 280 g/mol. The Morgan fingerprint density at radius 1 is 1.15 bits per heavy atom. The maximum absolute atomic E-state index is 12.1. The normalized spacial score (nSPS) is 34.1. The van der Waals surface area contributed by atoms with Crippen LogP contribution < -0.4 is 0 Å². The lowest BCUT2D eigenvalue weighted by Crippen LogP contribution is -2.39. The van der Waals surface area contributed by atoms with Crippen LogP contribution in [0.25, 0.3) is 0 Å². The summed E-state index contributed by atoms with van der Waals surface area (Å²) in [6, 6.07) is 0. The number of aldehydes is 1. The Hall–Kier alpha value is -1.65. The number of methoxy groups -OCH3 is 2. The van der Waals surface area contributed by atoms with E-state index in [4.69, 9.17) is 9.47 Å². The van der Waals surface area contributed by atoms with Crippen LogP contribution in [0.2, 0.25) is 0 Å². The maximum Gasteiger partial charge on any atom is 0.323 e. The molecule has 4 atom stereocenters. The van der Waals surface area contributed by atoms with E-state index in [-0.39, 0.29) is 23.7 Å². The third-order valence-corrected chi connectivity index (χ3v) is 4.79. The van der Waals surface area contributed by atoms with Crippen molar-refractivity contribution in [3.05, 3.63) is 12.2 Å². The van der Waals surface area contributed by atoms with Gasteiger partial charge in [0.25, 0.3) is 0 Å². The van der Waals surface area contributed by atoms with Gasteiger partial charge >= 0.3 is 11.9 Å². The highest BCUT2D eigenvalue weighted by atomic mass is 16.5. The van der Waals surface area contributed by atoms with Gasteiger partial charge in [-0.05, 0) is 30.6 Å². The van der Waals surface area contributed by atoms with Crippen molar-refractivity contribution < 1.29 is 23.9 Å². The molecule has 0 saturated heterocycles. The van der Waals surface area contributed by atoms with Crippen LogP contribution in [0, 0.1) is 29.1 Å². The Bertz CT molecular complexity index is 437. The molecule has 0 aromatic carbocycles. The first-order valence-electron chi connectivity index (χ1n) is 6.80. The predicted molar refractivity (Wildman–Crippen MR) is 70.5 cm³/mol. The van der Waals surface area contributed by atoms with Crippen LogP contribution in [0.4, 0.5) is 0 Å². The molecule has 0 aromatic rings. The molecule has 2 aliphatic rings. The summed E-state index contributed by atoms with van der Waals surface area (Å²) in [7, 11) is 2.54. The zero-order valence-corrected chi connectivity index (χ0v) is 12.0. The molecular formula is C15H20O5. The highest BCUT2D eigenvalue weighted by Crippen LogP contribution is 2.53. The third kappa shape index (κ3) is 2.05. The summed E-state index contributed by atoms with van der Waals surface area (Å²) in [5.74, 6) is -1.14. The van der Waals surface area contributed by atoms with E-state index in [2.05, 4.69) is 0 Å². The molecule has 1 saturated carbocycles. The molecule has 5 heteroatoms. The molecule has 2 rings (SSSR count). The fourth-order valence-electron chi connectivity index (χ4n) is 3.69. The lowest BCUT2D eigenvalue weighted by atomic mass is 9.73. The van der Waals surface area contributed by atoms with Crippen molar-refractivity contribution in [2.75, 3.05) is 14.2 Å². The minimum absolute atomic E-state index is 0.00861. The number of carbonyl (C=O) groups excluding carboxylic acids is 3. The second kappa shape index (κ2) is 5.38. The molecule has 110 valence electrons. The molecule has 0 spiro atoms. The van der Waals surface area contributed by atoms with Gasteiger partial charge in [-0.15, -0.1) is 0 Å². The summed E-state index contributed by atoms with van der Waals surface area (Å²) in [5.41, 5.74) is -1.27. The van der Waals surface area contributed by atoms with Crippen molar-refractivity contribution in [3.8, 4) is 0 Å². The fourth-order valence-corrected chi connectivity index (χ4v) is 3.69. The zero-order valence-electron chi connectivity index (χ0n) is 12.0. The van der Waals surface area contributed by atoms with E-state index in [0.29, 0.717) is 12.8 Å². The van der Waals surface area contributed by atoms with Gasteiger partial charge in [-0.3, -0.25) is 9.59 Å². The Labute approximate surface area is 118 Å². The average Bonchev–Trinajstić information content (AvgIpc) is 2.86. The van der Waals surface area contributed by atoms with Gasteiger partial charge < -0.3 is 14.3 Å². The summed E-state index contributed by atoms with van der Waals surface area (Å²) in [5, 5.41) is 0. The van der Waals surface area contributed by atoms with Crippen LogP contribution >= 0.6 is 0 Å². The van der Waals surface area contributed by atoms with E-state index in [0.717, 1.165) is 6.29 Å². The molecule has 0 heterocycles. The molecule has 5 nitrogen and oxygen atoms in total. The first kappa shape index (κ1) is 14.8. The van der Waals surface area contributed by atoms with Crippen molar-refractivity contribution in [2.24, 2.45) is 29.1 Å². The zero-order chi connectivity index (χ0) is 14.9. The van der Waals surface area contributed by atoms with Crippen molar-refractivity contribution in [3.63, 3.8) is 0 Å². The second-order valence-electron chi connectivity index (χ2n) is 5.76. The van der Waals surface area contributed by atoms with E-state index in [1.54, 1.807) is 0 Å². The molecule has 0 bridgehead atoms. The van der Waals surface area contributed by atoms with Gasteiger partial charge in [0.1, 0.15) is 6.29 Å². The van der Waals surface area contributed by atoms with Crippen LogP contribution in [-0.2, 0) is 23.9 Å². The van der Waals surface area contributed by atoms with Crippen LogP contribution in [0.1, 0.15) is 19.8 Å². The van der Waals surface area contributed by atoms with E-state index in [1.807, 2.05) is 19.1 Å². The largest absolute Gasteiger partial charge is 0.468 e. The van der Waals surface area contributed by atoms with Gasteiger partial charge in [0.2, 0.25) is 0 Å². The minimum Gasteiger partial charge on any atom is -0.468 e. The summed E-state index contributed by atoms with van der Waals surface area (Å²) in [6.07, 6.45) is 5.62. The van der Waals surface area contributed by atoms with Crippen LogP contribution in [0.3, 0.4) is 0 Å². The molecule has 0 amide bonds. The molecule has 0 unspecified atom stereocenters. The number of ether oxygens (including phenoxy) is 2. The molecule has 0 aromatic heterocycles. The van der Waals surface area contributed by atoms with Crippen molar-refractivity contribution >= 4 is 18.2 Å². The first-order chi connectivity index (χ1) is 9.50. The van der Waals surface area contributed by atoms with Crippen LogP contribution in [0.15, 0.2) is 12.2 Å². The Morgan fingerprint density at radius 3 is 2.25 bits per heavy atom. The van der Waals surface area contributed by atoms with Crippen LogP contribution in [0.5, 0.6) is 0 Å². The van der Waals surface area contributed by atoms with Gasteiger partial charge in [0.05, 0.1) is 14.2 Å². The van der Waals surface area contributed by atoms with Gasteiger partial charge in [0, 0.05) is 5.92 Å². The minimum atomic E-state index is -1.27. The fraction of sp³-hybridized carbons (Fsp3) is 0.667. The molecule has 0 N–H and O–H groups in total. The SMILES string of the molecule is COC(=O)C1(C(=O)OC)C[C@H]2[C@H](C=O)[C@H](C)C=C[C@@H]2C1. The van der Waals surface area contributed by atoms with Crippen molar-refractivity contribution in [1.82, 2.24) is 0 Å². The first-order valence-corrected chi connectivity index (χ1v) is 6.80. The molecule has 2 aliphatic carbocycles. The van der Waals surface area contributed by atoms with Gasteiger partial charge in [-0.1, -0.05) is 19.1 Å². The molecule has 0 aliphatic heterocycles. The Kier molecular flexibility index (Phi) is 3.97. The molecule has 0 radical (unpaired) electrons. The van der Waals surface area contributed by atoms with Crippen molar-refractivity contribution in [2.45, 2.75) is 19.8 Å². The van der Waals surface area contributed by atoms with E-state index < -0.39 is 17.4 Å². The Balaban J connectivity index is 2.37. The molecule has 20 heavy (non-hydrogen) atoms. The molecule has 1 fully saturated rings. The lowest BCUT2D eigenvalue weighted by Gasteiger charge is -2.30. The summed E-state index contributed by atoms with van der Waals surface area (Å²) < 4.78 is 9.62. The quantitative estimate of drug-likeness (QED) is 0.338. The Morgan fingerprint density at radius 2 is 1.75 bits per heavy atom.